The van der Waals surface area contributed by atoms with Crippen molar-refractivity contribution in [3.63, 3.8) is 0 Å². The van der Waals surface area contributed by atoms with E-state index in [1.54, 1.807) is 6.26 Å². The summed E-state index contributed by atoms with van der Waals surface area (Å²) in [6.45, 7) is 0.565. The third-order valence-electron chi connectivity index (χ3n) is 4.92. The number of benzene rings is 1. The van der Waals surface area contributed by atoms with Crippen LogP contribution < -0.4 is 5.32 Å². The summed E-state index contributed by atoms with van der Waals surface area (Å²) in [5.74, 6) is 1.32. The van der Waals surface area contributed by atoms with Crippen LogP contribution >= 0.6 is 23.1 Å². The van der Waals surface area contributed by atoms with E-state index in [2.05, 4.69) is 39.8 Å². The normalized spacial score (nSPS) is 15.8. The Bertz CT molecular complexity index is 926. The van der Waals surface area contributed by atoms with Gasteiger partial charge in [-0.15, -0.1) is 10.2 Å². The van der Waals surface area contributed by atoms with Gasteiger partial charge >= 0.3 is 0 Å². The minimum atomic E-state index is 0.118. The summed E-state index contributed by atoms with van der Waals surface area (Å²) < 4.78 is 6.07. The molecule has 1 N–H and O–H groups in total. The number of carbonyl (C=O) groups is 1. The lowest BCUT2D eigenvalue weighted by atomic mass is 9.87. The van der Waals surface area contributed by atoms with Gasteiger partial charge < -0.3 is 14.6 Å². The highest BCUT2D eigenvalue weighted by atomic mass is 32.2. The number of aromatic nitrogens is 2. The Labute approximate surface area is 172 Å². The van der Waals surface area contributed by atoms with Crippen LogP contribution in [0.1, 0.15) is 35.8 Å². The maximum atomic E-state index is 12.7. The van der Waals surface area contributed by atoms with Gasteiger partial charge in [-0.3, -0.25) is 4.79 Å². The zero-order chi connectivity index (χ0) is 19.3. The molecule has 28 heavy (non-hydrogen) atoms. The number of hydrogen-bond acceptors (Lipinski definition) is 7. The van der Waals surface area contributed by atoms with Gasteiger partial charge in [0.05, 0.1) is 24.6 Å². The standard InChI is InChI=1S/C20H22N4O2S2/c1-24(17-10-4-7-14-6-2-3-9-16(14)17)18(25)13-27-20-23-22-19(28-20)21-12-15-8-5-11-26-15/h2-3,5-6,8-9,11,17H,4,7,10,12-13H2,1H3,(H,21,22)/t17-/m0/s1. The van der Waals surface area contributed by atoms with E-state index in [1.165, 1.54) is 34.2 Å². The predicted octanol–water partition coefficient (Wildman–Crippen LogP) is 4.37. The number of amides is 1. The van der Waals surface area contributed by atoms with E-state index in [-0.39, 0.29) is 11.9 Å². The van der Waals surface area contributed by atoms with Crippen LogP contribution in [0.5, 0.6) is 0 Å². The highest BCUT2D eigenvalue weighted by Gasteiger charge is 2.26. The van der Waals surface area contributed by atoms with Crippen LogP contribution in [0, 0.1) is 0 Å². The summed E-state index contributed by atoms with van der Waals surface area (Å²) in [4.78, 5) is 14.6. The molecule has 0 radical (unpaired) electrons. The third kappa shape index (κ3) is 4.39. The molecule has 2 aromatic heterocycles. The average Bonchev–Trinajstić information content (AvgIpc) is 3.41. The summed E-state index contributed by atoms with van der Waals surface area (Å²) in [5.41, 5.74) is 2.65. The number of aryl methyl sites for hydroxylation is 1. The number of carbonyl (C=O) groups excluding carboxylic acids is 1. The first-order chi connectivity index (χ1) is 13.7. The largest absolute Gasteiger partial charge is 0.467 e. The van der Waals surface area contributed by atoms with Crippen LogP contribution in [0.3, 0.4) is 0 Å². The van der Waals surface area contributed by atoms with Gasteiger partial charge in [-0.25, -0.2) is 0 Å². The molecule has 0 fully saturated rings. The number of hydrogen-bond donors (Lipinski definition) is 1. The van der Waals surface area contributed by atoms with Crippen molar-refractivity contribution in [1.82, 2.24) is 15.1 Å². The zero-order valence-electron chi connectivity index (χ0n) is 15.6. The van der Waals surface area contributed by atoms with E-state index in [4.69, 9.17) is 4.42 Å². The highest BCUT2D eigenvalue weighted by Crippen LogP contribution is 2.34. The van der Waals surface area contributed by atoms with E-state index >= 15 is 0 Å². The van der Waals surface area contributed by atoms with Crippen LogP contribution in [0.25, 0.3) is 0 Å². The molecule has 1 aromatic carbocycles. The molecule has 0 saturated heterocycles. The van der Waals surface area contributed by atoms with E-state index in [0.717, 1.165) is 34.5 Å². The molecule has 1 aliphatic rings. The molecule has 1 aliphatic carbocycles. The minimum absolute atomic E-state index is 0.118. The molecule has 0 aliphatic heterocycles. The molecule has 6 nitrogen and oxygen atoms in total. The van der Waals surface area contributed by atoms with E-state index in [1.807, 2.05) is 24.1 Å². The Morgan fingerprint density at radius 2 is 2.21 bits per heavy atom. The van der Waals surface area contributed by atoms with Gasteiger partial charge in [0.1, 0.15) is 5.76 Å². The molecular weight excluding hydrogens is 392 g/mol. The highest BCUT2D eigenvalue weighted by molar-refractivity contribution is 8.01. The Morgan fingerprint density at radius 1 is 1.32 bits per heavy atom. The molecule has 0 unspecified atom stereocenters. The number of furan rings is 1. The SMILES string of the molecule is CN(C(=O)CSc1nnc(NCc2ccco2)s1)[C@H]1CCCc2ccccc21. The first kappa shape index (κ1) is 19.0. The lowest BCUT2D eigenvalue weighted by molar-refractivity contribution is -0.129. The second-order valence-corrected chi connectivity index (χ2v) is 8.91. The summed E-state index contributed by atoms with van der Waals surface area (Å²) in [6, 6.07) is 12.4. The van der Waals surface area contributed by atoms with Gasteiger partial charge in [-0.05, 0) is 42.5 Å². The van der Waals surface area contributed by atoms with Crippen molar-refractivity contribution in [1.29, 1.82) is 0 Å². The monoisotopic (exact) mass is 414 g/mol. The van der Waals surface area contributed by atoms with Crippen molar-refractivity contribution in [2.24, 2.45) is 0 Å². The van der Waals surface area contributed by atoms with Crippen molar-refractivity contribution >= 4 is 34.1 Å². The van der Waals surface area contributed by atoms with Crippen LogP contribution in [0.4, 0.5) is 5.13 Å². The first-order valence-corrected chi connectivity index (χ1v) is 11.1. The van der Waals surface area contributed by atoms with Gasteiger partial charge in [0.25, 0.3) is 0 Å². The topological polar surface area (TPSA) is 71.3 Å². The Kier molecular flexibility index (Phi) is 5.97. The molecule has 4 rings (SSSR count). The lowest BCUT2D eigenvalue weighted by Gasteiger charge is -2.33. The van der Waals surface area contributed by atoms with Gasteiger partial charge in [0.2, 0.25) is 11.0 Å². The molecule has 1 atom stereocenters. The van der Waals surface area contributed by atoms with Gasteiger partial charge in [-0.1, -0.05) is 47.4 Å². The fourth-order valence-electron chi connectivity index (χ4n) is 3.45. The maximum absolute atomic E-state index is 12.7. The Balaban J connectivity index is 1.31. The maximum Gasteiger partial charge on any atom is 0.233 e. The minimum Gasteiger partial charge on any atom is -0.467 e. The van der Waals surface area contributed by atoms with Gasteiger partial charge in [-0.2, -0.15) is 0 Å². The summed E-state index contributed by atoms with van der Waals surface area (Å²) in [7, 11) is 1.91. The van der Waals surface area contributed by atoms with Crippen molar-refractivity contribution < 1.29 is 9.21 Å². The lowest BCUT2D eigenvalue weighted by Crippen LogP contribution is -2.34. The zero-order valence-corrected chi connectivity index (χ0v) is 17.3. The number of nitrogens with zero attached hydrogens (tertiary/aromatic N) is 3. The van der Waals surface area contributed by atoms with Crippen molar-refractivity contribution in [3.05, 3.63) is 59.5 Å². The Hall–Kier alpha value is -2.32. The fraction of sp³-hybridized carbons (Fsp3) is 0.350. The van der Waals surface area contributed by atoms with Crippen molar-refractivity contribution in [2.75, 3.05) is 18.1 Å². The van der Waals surface area contributed by atoms with E-state index < -0.39 is 0 Å². The van der Waals surface area contributed by atoms with Crippen molar-refractivity contribution in [2.45, 2.75) is 36.2 Å². The van der Waals surface area contributed by atoms with Crippen LogP contribution in [0.2, 0.25) is 0 Å². The molecule has 3 aromatic rings. The summed E-state index contributed by atoms with van der Waals surface area (Å²) in [5, 5.41) is 12.2. The number of anilines is 1. The second-order valence-electron chi connectivity index (χ2n) is 6.71. The summed E-state index contributed by atoms with van der Waals surface area (Å²) >= 11 is 2.89. The second kappa shape index (κ2) is 8.79. The Morgan fingerprint density at radius 3 is 3.07 bits per heavy atom. The van der Waals surface area contributed by atoms with Crippen LogP contribution in [0.15, 0.2) is 51.4 Å². The van der Waals surface area contributed by atoms with Crippen molar-refractivity contribution in [3.8, 4) is 0 Å². The molecule has 2 heterocycles. The molecule has 1 amide bonds. The molecular formula is C20H22N4O2S2. The number of fused-ring (bicyclic) bond motifs is 1. The molecule has 146 valence electrons. The molecule has 8 heteroatoms. The van der Waals surface area contributed by atoms with Gasteiger partial charge in [0, 0.05) is 7.05 Å². The van der Waals surface area contributed by atoms with Crippen LogP contribution in [-0.4, -0.2) is 33.8 Å². The third-order valence-corrected chi connectivity index (χ3v) is 6.92. The first-order valence-electron chi connectivity index (χ1n) is 9.27. The molecule has 0 saturated carbocycles. The number of nitrogens with one attached hydrogen (secondary N) is 1. The smallest absolute Gasteiger partial charge is 0.233 e. The van der Waals surface area contributed by atoms with E-state index in [0.29, 0.717) is 12.3 Å². The molecule has 0 bridgehead atoms. The van der Waals surface area contributed by atoms with Crippen LogP contribution in [-0.2, 0) is 17.8 Å². The molecule has 0 spiro atoms. The number of thioether (sulfide) groups is 1. The predicted molar refractivity (Wildman–Crippen MR) is 112 cm³/mol. The quantitative estimate of drug-likeness (QED) is 0.579. The average molecular weight is 415 g/mol. The van der Waals surface area contributed by atoms with Gasteiger partial charge in [0.15, 0.2) is 4.34 Å². The number of rotatable bonds is 7. The van der Waals surface area contributed by atoms with E-state index in [9.17, 15) is 4.79 Å². The fourth-order valence-corrected chi connectivity index (χ4v) is 5.12. The summed E-state index contributed by atoms with van der Waals surface area (Å²) in [6.07, 6.45) is 4.88.